The number of carbonyl (C=O) groups is 2. The van der Waals surface area contributed by atoms with Gasteiger partial charge in [0.15, 0.2) is 11.5 Å². The number of hydrogen-bond acceptors (Lipinski definition) is 5. The van der Waals surface area contributed by atoms with Gasteiger partial charge in [-0.2, -0.15) is 10.1 Å². The van der Waals surface area contributed by atoms with E-state index in [1.807, 2.05) is 13.8 Å². The fourth-order valence-corrected chi connectivity index (χ4v) is 5.01. The molecule has 2 aliphatic carbocycles. The maximum atomic E-state index is 12.7. The van der Waals surface area contributed by atoms with E-state index in [0.29, 0.717) is 39.8 Å². The van der Waals surface area contributed by atoms with Crippen LogP contribution in [0.15, 0.2) is 27.8 Å². The minimum atomic E-state index is -0.272. The van der Waals surface area contributed by atoms with Crippen LogP contribution in [0.3, 0.4) is 0 Å². The smallest absolute Gasteiger partial charge is 0.254 e. The van der Waals surface area contributed by atoms with Crippen molar-refractivity contribution in [3.8, 4) is 11.5 Å². The maximum absolute atomic E-state index is 12.7. The Kier molecular flexibility index (Phi) is 5.22. The number of hydrazone groups is 1. The van der Waals surface area contributed by atoms with Gasteiger partial charge in [0, 0.05) is 10.0 Å². The standard InChI is InChI=1S/C20H20BrClN2O4/c1-3-27-13-8-12(16(21)17(22)18(13)28-4-2)9-23-24-19(25)14-10-5-6-11(7-10)15(14)20(24)26/h5-6,8-11,14-15H,3-4,7H2,1-2H3/t10-,11-,14-,15+/m0/s1. The summed E-state index contributed by atoms with van der Waals surface area (Å²) in [6, 6.07) is 1.73. The van der Waals surface area contributed by atoms with Crippen molar-refractivity contribution in [1.82, 2.24) is 5.01 Å². The van der Waals surface area contributed by atoms with Gasteiger partial charge < -0.3 is 9.47 Å². The number of benzene rings is 1. The van der Waals surface area contributed by atoms with Crippen molar-refractivity contribution in [3.05, 3.63) is 33.3 Å². The summed E-state index contributed by atoms with van der Waals surface area (Å²) in [5.41, 5.74) is 0.593. The van der Waals surface area contributed by atoms with Crippen LogP contribution in [0, 0.1) is 23.7 Å². The van der Waals surface area contributed by atoms with Crippen molar-refractivity contribution in [2.75, 3.05) is 13.2 Å². The molecule has 1 aliphatic heterocycles. The Labute approximate surface area is 176 Å². The van der Waals surface area contributed by atoms with Crippen molar-refractivity contribution in [2.24, 2.45) is 28.8 Å². The van der Waals surface area contributed by atoms with Gasteiger partial charge in [0.05, 0.1) is 31.3 Å². The summed E-state index contributed by atoms with van der Waals surface area (Å²) in [6.45, 7) is 4.60. The van der Waals surface area contributed by atoms with Crippen molar-refractivity contribution < 1.29 is 19.1 Å². The van der Waals surface area contributed by atoms with Gasteiger partial charge in [-0.15, -0.1) is 0 Å². The predicted octanol–water partition coefficient (Wildman–Crippen LogP) is 4.04. The van der Waals surface area contributed by atoms with Gasteiger partial charge in [0.25, 0.3) is 11.8 Å². The van der Waals surface area contributed by atoms with Crippen LogP contribution >= 0.6 is 27.5 Å². The number of ether oxygens (including phenoxy) is 2. The molecular weight excluding hydrogens is 448 g/mol. The van der Waals surface area contributed by atoms with Crippen LogP contribution in [0.2, 0.25) is 5.02 Å². The predicted molar refractivity (Wildman–Crippen MR) is 109 cm³/mol. The number of allylic oxidation sites excluding steroid dienone is 2. The minimum absolute atomic E-state index is 0.155. The molecule has 8 heteroatoms. The average molecular weight is 468 g/mol. The second-order valence-corrected chi connectivity index (χ2v) is 8.19. The van der Waals surface area contributed by atoms with Gasteiger partial charge >= 0.3 is 0 Å². The van der Waals surface area contributed by atoms with E-state index in [0.717, 1.165) is 11.4 Å². The van der Waals surface area contributed by atoms with Crippen LogP contribution in [0.25, 0.3) is 0 Å². The van der Waals surface area contributed by atoms with E-state index < -0.39 is 0 Å². The van der Waals surface area contributed by atoms with Gasteiger partial charge in [-0.05, 0) is 54.1 Å². The molecule has 1 aromatic rings. The van der Waals surface area contributed by atoms with Crippen molar-refractivity contribution >= 4 is 45.6 Å². The molecule has 2 amide bonds. The molecule has 1 heterocycles. The van der Waals surface area contributed by atoms with Crippen molar-refractivity contribution in [1.29, 1.82) is 0 Å². The molecule has 4 atom stereocenters. The lowest BCUT2D eigenvalue weighted by atomic mass is 9.85. The highest BCUT2D eigenvalue weighted by atomic mass is 79.9. The van der Waals surface area contributed by atoms with E-state index in [-0.39, 0.29) is 35.5 Å². The third kappa shape index (κ3) is 2.95. The largest absolute Gasteiger partial charge is 0.490 e. The normalized spacial score (nSPS) is 27.9. The molecule has 0 aromatic heterocycles. The Morgan fingerprint density at radius 3 is 2.36 bits per heavy atom. The Balaban J connectivity index is 1.63. The number of imide groups is 1. The summed E-state index contributed by atoms with van der Waals surface area (Å²) in [4.78, 5) is 25.5. The zero-order valence-corrected chi connectivity index (χ0v) is 17.9. The average Bonchev–Trinajstić information content (AvgIpc) is 3.35. The number of amides is 2. The molecule has 6 nitrogen and oxygen atoms in total. The number of carbonyl (C=O) groups excluding carboxylic acids is 2. The second kappa shape index (κ2) is 7.52. The molecular formula is C20H20BrClN2O4. The van der Waals surface area contributed by atoms with Gasteiger partial charge in [-0.3, -0.25) is 9.59 Å². The number of hydrogen-bond donors (Lipinski definition) is 0. The van der Waals surface area contributed by atoms with Crippen LogP contribution in [0.5, 0.6) is 11.5 Å². The fourth-order valence-electron chi connectivity index (χ4n) is 4.36. The van der Waals surface area contributed by atoms with Crippen molar-refractivity contribution in [2.45, 2.75) is 20.3 Å². The molecule has 0 N–H and O–H groups in total. The molecule has 1 saturated heterocycles. The molecule has 1 aromatic carbocycles. The highest BCUT2D eigenvalue weighted by Gasteiger charge is 2.59. The minimum Gasteiger partial charge on any atom is -0.490 e. The van der Waals surface area contributed by atoms with Gasteiger partial charge in [-0.1, -0.05) is 23.8 Å². The first-order chi connectivity index (χ1) is 13.5. The molecule has 0 spiro atoms. The topological polar surface area (TPSA) is 68.2 Å². The third-order valence-corrected chi connectivity index (χ3v) is 6.95. The molecule has 3 aliphatic rings. The van der Waals surface area contributed by atoms with Crippen LogP contribution in [0.1, 0.15) is 25.8 Å². The Bertz CT molecular complexity index is 871. The first-order valence-electron chi connectivity index (χ1n) is 9.35. The summed E-state index contributed by atoms with van der Waals surface area (Å²) in [6.07, 6.45) is 6.46. The lowest BCUT2D eigenvalue weighted by Crippen LogP contribution is -2.28. The van der Waals surface area contributed by atoms with E-state index in [9.17, 15) is 9.59 Å². The maximum Gasteiger partial charge on any atom is 0.254 e. The summed E-state index contributed by atoms with van der Waals surface area (Å²) in [7, 11) is 0. The first-order valence-corrected chi connectivity index (χ1v) is 10.5. The van der Waals surface area contributed by atoms with Gasteiger partial charge in [0.2, 0.25) is 0 Å². The number of nitrogens with zero attached hydrogens (tertiary/aromatic N) is 2. The highest BCUT2D eigenvalue weighted by Crippen LogP contribution is 2.52. The Hall–Kier alpha value is -1.86. The number of fused-ring (bicyclic) bond motifs is 5. The quantitative estimate of drug-likeness (QED) is 0.360. The van der Waals surface area contributed by atoms with Gasteiger partial charge in [0.1, 0.15) is 5.02 Å². The molecule has 4 rings (SSSR count). The molecule has 148 valence electrons. The van der Waals surface area contributed by atoms with Crippen LogP contribution in [-0.2, 0) is 9.59 Å². The van der Waals surface area contributed by atoms with E-state index in [2.05, 4.69) is 33.2 Å². The Morgan fingerprint density at radius 2 is 1.79 bits per heavy atom. The summed E-state index contributed by atoms with van der Waals surface area (Å²) in [5.74, 6) is 0.253. The summed E-state index contributed by atoms with van der Waals surface area (Å²) < 4.78 is 11.8. The van der Waals surface area contributed by atoms with E-state index in [1.54, 1.807) is 6.07 Å². The molecule has 0 radical (unpaired) electrons. The zero-order valence-electron chi connectivity index (χ0n) is 15.5. The summed E-state index contributed by atoms with van der Waals surface area (Å²) in [5, 5.41) is 5.58. The fraction of sp³-hybridized carbons (Fsp3) is 0.450. The molecule has 0 unspecified atom stereocenters. The number of rotatable bonds is 6. The molecule has 28 heavy (non-hydrogen) atoms. The van der Waals surface area contributed by atoms with Gasteiger partial charge in [-0.25, -0.2) is 0 Å². The molecule has 2 bridgehead atoms. The van der Waals surface area contributed by atoms with Crippen LogP contribution in [0.4, 0.5) is 0 Å². The first kappa shape index (κ1) is 19.5. The van der Waals surface area contributed by atoms with E-state index in [1.165, 1.54) is 6.21 Å². The zero-order chi connectivity index (χ0) is 20.0. The van der Waals surface area contributed by atoms with Crippen LogP contribution in [-0.4, -0.2) is 36.3 Å². The van der Waals surface area contributed by atoms with Crippen molar-refractivity contribution in [3.63, 3.8) is 0 Å². The van der Waals surface area contributed by atoms with E-state index >= 15 is 0 Å². The molecule has 2 fully saturated rings. The summed E-state index contributed by atoms with van der Waals surface area (Å²) >= 11 is 9.87. The highest BCUT2D eigenvalue weighted by molar-refractivity contribution is 9.10. The lowest BCUT2D eigenvalue weighted by Gasteiger charge is -2.15. The lowest BCUT2D eigenvalue weighted by molar-refractivity contribution is -0.140. The third-order valence-electron chi connectivity index (χ3n) is 5.50. The molecule has 1 saturated carbocycles. The monoisotopic (exact) mass is 466 g/mol. The number of halogens is 2. The van der Waals surface area contributed by atoms with Crippen LogP contribution < -0.4 is 9.47 Å². The van der Waals surface area contributed by atoms with E-state index in [4.69, 9.17) is 21.1 Å². The SMILES string of the molecule is CCOc1cc(C=NN2C(=O)[C@@H]3[C@H](C2=O)[C@H]2C=C[C@H]3C2)c(Br)c(Cl)c1OCC. The second-order valence-electron chi connectivity index (χ2n) is 7.02. The Morgan fingerprint density at radius 1 is 1.18 bits per heavy atom.